The molecule has 3 aromatic rings. The maximum Gasteiger partial charge on any atom is 0.267 e. The number of aromatic amines is 1. The number of rotatable bonds is 4. The number of fused-ring (bicyclic) bond motifs is 1. The summed E-state index contributed by atoms with van der Waals surface area (Å²) < 4.78 is 0. The van der Waals surface area contributed by atoms with Crippen molar-refractivity contribution in [3.05, 3.63) is 71.9 Å². The van der Waals surface area contributed by atoms with E-state index in [2.05, 4.69) is 10.3 Å². The Morgan fingerprint density at radius 1 is 1.10 bits per heavy atom. The molecule has 1 amide bonds. The van der Waals surface area contributed by atoms with Crippen molar-refractivity contribution in [3.63, 3.8) is 0 Å². The van der Waals surface area contributed by atoms with Gasteiger partial charge in [0.05, 0.1) is 0 Å². The lowest BCUT2D eigenvalue weighted by atomic mass is 10.1. The molecule has 4 nitrogen and oxygen atoms in total. The van der Waals surface area contributed by atoms with Gasteiger partial charge in [-0.25, -0.2) is 0 Å². The van der Waals surface area contributed by atoms with Gasteiger partial charge < -0.3 is 16.0 Å². The molecule has 4 N–H and O–H groups in total. The third-order valence-corrected chi connectivity index (χ3v) is 3.48. The molecule has 21 heavy (non-hydrogen) atoms. The number of amides is 1. The van der Waals surface area contributed by atoms with Gasteiger partial charge in [0.15, 0.2) is 0 Å². The predicted molar refractivity (Wildman–Crippen MR) is 84.0 cm³/mol. The highest BCUT2D eigenvalue weighted by Crippen LogP contribution is 2.14. The Morgan fingerprint density at radius 2 is 1.81 bits per heavy atom. The van der Waals surface area contributed by atoms with Crippen LogP contribution in [-0.4, -0.2) is 17.4 Å². The first-order valence-corrected chi connectivity index (χ1v) is 6.90. The van der Waals surface area contributed by atoms with Gasteiger partial charge in [-0.15, -0.1) is 0 Å². The van der Waals surface area contributed by atoms with E-state index in [-0.39, 0.29) is 11.9 Å². The second-order valence-electron chi connectivity index (χ2n) is 5.00. The van der Waals surface area contributed by atoms with Crippen molar-refractivity contribution in [2.24, 2.45) is 5.73 Å². The maximum absolute atomic E-state index is 12.2. The normalized spacial score (nSPS) is 12.2. The second-order valence-corrected chi connectivity index (χ2v) is 5.00. The molecule has 106 valence electrons. The lowest BCUT2D eigenvalue weighted by molar-refractivity contribution is 0.0947. The standard InChI is InChI=1S/C17H17N3O/c18-14(12-6-2-1-3-7-12)11-19-17(21)16-10-13-8-4-5-9-15(13)20-16/h1-10,14,20H,11,18H2,(H,19,21). The number of H-pyrrole nitrogens is 1. The third kappa shape index (κ3) is 2.95. The molecule has 4 heteroatoms. The zero-order valence-corrected chi connectivity index (χ0v) is 11.5. The van der Waals surface area contributed by atoms with Gasteiger partial charge in [0, 0.05) is 23.5 Å². The third-order valence-electron chi connectivity index (χ3n) is 3.48. The number of aromatic nitrogens is 1. The van der Waals surface area contributed by atoms with Crippen LogP contribution in [0.15, 0.2) is 60.7 Å². The first kappa shape index (κ1) is 13.4. The van der Waals surface area contributed by atoms with Crippen LogP contribution in [0.4, 0.5) is 0 Å². The lowest BCUT2D eigenvalue weighted by Crippen LogP contribution is -2.32. The number of nitrogens with two attached hydrogens (primary N) is 1. The molecule has 1 aromatic heterocycles. The number of benzene rings is 2. The highest BCUT2D eigenvalue weighted by atomic mass is 16.1. The quantitative estimate of drug-likeness (QED) is 0.687. The first-order valence-electron chi connectivity index (χ1n) is 6.90. The lowest BCUT2D eigenvalue weighted by Gasteiger charge is -2.12. The van der Waals surface area contributed by atoms with Crippen LogP contribution >= 0.6 is 0 Å². The fourth-order valence-electron chi connectivity index (χ4n) is 2.31. The van der Waals surface area contributed by atoms with E-state index in [9.17, 15) is 4.79 Å². The molecule has 1 heterocycles. The molecule has 0 aliphatic heterocycles. The number of hydrogen-bond acceptors (Lipinski definition) is 2. The number of carbonyl (C=O) groups excluding carboxylic acids is 1. The van der Waals surface area contributed by atoms with Crippen LogP contribution < -0.4 is 11.1 Å². The molecule has 1 unspecified atom stereocenters. The summed E-state index contributed by atoms with van der Waals surface area (Å²) in [5.74, 6) is -0.141. The van der Waals surface area contributed by atoms with Gasteiger partial charge in [-0.05, 0) is 17.7 Å². The Kier molecular flexibility index (Phi) is 3.71. The van der Waals surface area contributed by atoms with E-state index in [0.29, 0.717) is 12.2 Å². The van der Waals surface area contributed by atoms with E-state index in [4.69, 9.17) is 5.73 Å². The zero-order chi connectivity index (χ0) is 14.7. The SMILES string of the molecule is NC(CNC(=O)c1cc2ccccc2[nH]1)c1ccccc1. The Morgan fingerprint density at radius 3 is 2.57 bits per heavy atom. The molecule has 0 saturated carbocycles. The van der Waals surface area contributed by atoms with Gasteiger partial charge in [0.2, 0.25) is 0 Å². The number of para-hydroxylation sites is 1. The van der Waals surface area contributed by atoms with Crippen molar-refractivity contribution in [3.8, 4) is 0 Å². The summed E-state index contributed by atoms with van der Waals surface area (Å²) in [6.07, 6.45) is 0. The van der Waals surface area contributed by atoms with E-state index in [1.807, 2.05) is 60.7 Å². The van der Waals surface area contributed by atoms with Crippen molar-refractivity contribution in [2.75, 3.05) is 6.54 Å². The van der Waals surface area contributed by atoms with Gasteiger partial charge in [-0.2, -0.15) is 0 Å². The van der Waals surface area contributed by atoms with Gasteiger partial charge in [-0.1, -0.05) is 48.5 Å². The van der Waals surface area contributed by atoms with Crippen LogP contribution in [0.3, 0.4) is 0 Å². The first-order chi connectivity index (χ1) is 10.2. The minimum absolute atomic E-state index is 0.141. The molecule has 3 rings (SSSR count). The van der Waals surface area contributed by atoms with Crippen molar-refractivity contribution in [1.29, 1.82) is 0 Å². The van der Waals surface area contributed by atoms with Crippen molar-refractivity contribution >= 4 is 16.8 Å². The molecule has 0 radical (unpaired) electrons. The summed E-state index contributed by atoms with van der Waals surface area (Å²) in [6.45, 7) is 0.401. The average molecular weight is 279 g/mol. The van der Waals surface area contributed by atoms with Crippen LogP contribution in [0.2, 0.25) is 0 Å². The average Bonchev–Trinajstić information content (AvgIpc) is 2.97. The second kappa shape index (κ2) is 5.81. The molecular formula is C17H17N3O. The number of carbonyl (C=O) groups is 1. The Balaban J connectivity index is 1.66. The van der Waals surface area contributed by atoms with Crippen LogP contribution in [-0.2, 0) is 0 Å². The van der Waals surface area contributed by atoms with Crippen LogP contribution in [0, 0.1) is 0 Å². The molecule has 2 aromatic carbocycles. The molecule has 0 aliphatic carbocycles. The largest absolute Gasteiger partial charge is 0.351 e. The van der Waals surface area contributed by atoms with Crippen LogP contribution in [0.25, 0.3) is 10.9 Å². The highest BCUT2D eigenvalue weighted by molar-refractivity contribution is 5.97. The molecule has 0 aliphatic rings. The summed E-state index contributed by atoms with van der Waals surface area (Å²) in [6, 6.07) is 19.2. The fraction of sp³-hybridized carbons (Fsp3) is 0.118. The predicted octanol–water partition coefficient (Wildman–Crippen LogP) is 2.60. The van der Waals surface area contributed by atoms with E-state index < -0.39 is 0 Å². The van der Waals surface area contributed by atoms with E-state index in [1.54, 1.807) is 0 Å². The summed E-state index contributed by atoms with van der Waals surface area (Å²) in [4.78, 5) is 15.3. The van der Waals surface area contributed by atoms with Gasteiger partial charge >= 0.3 is 0 Å². The molecule has 0 bridgehead atoms. The minimum Gasteiger partial charge on any atom is -0.351 e. The number of nitrogens with one attached hydrogen (secondary N) is 2. The van der Waals surface area contributed by atoms with Crippen molar-refractivity contribution < 1.29 is 4.79 Å². The summed E-state index contributed by atoms with van der Waals surface area (Å²) in [5.41, 5.74) is 8.59. The Hall–Kier alpha value is -2.59. The van der Waals surface area contributed by atoms with Gasteiger partial charge in [0.25, 0.3) is 5.91 Å². The topological polar surface area (TPSA) is 70.9 Å². The maximum atomic E-state index is 12.2. The van der Waals surface area contributed by atoms with Crippen molar-refractivity contribution in [2.45, 2.75) is 6.04 Å². The smallest absolute Gasteiger partial charge is 0.267 e. The molecule has 1 atom stereocenters. The molecular weight excluding hydrogens is 262 g/mol. The molecule has 0 saturated heterocycles. The monoisotopic (exact) mass is 279 g/mol. The Bertz CT molecular complexity index is 716. The highest BCUT2D eigenvalue weighted by Gasteiger charge is 2.11. The molecule has 0 fully saturated rings. The van der Waals surface area contributed by atoms with Crippen LogP contribution in [0.5, 0.6) is 0 Å². The molecule has 0 spiro atoms. The zero-order valence-electron chi connectivity index (χ0n) is 11.5. The van der Waals surface area contributed by atoms with E-state index in [1.165, 1.54) is 0 Å². The Labute approximate surface area is 123 Å². The van der Waals surface area contributed by atoms with E-state index >= 15 is 0 Å². The summed E-state index contributed by atoms with van der Waals surface area (Å²) in [5, 5.41) is 3.89. The van der Waals surface area contributed by atoms with Crippen molar-refractivity contribution in [1.82, 2.24) is 10.3 Å². The number of hydrogen-bond donors (Lipinski definition) is 3. The summed E-state index contributed by atoms with van der Waals surface area (Å²) in [7, 11) is 0. The minimum atomic E-state index is -0.209. The van der Waals surface area contributed by atoms with Gasteiger partial charge in [-0.3, -0.25) is 4.79 Å². The van der Waals surface area contributed by atoms with Crippen LogP contribution in [0.1, 0.15) is 22.1 Å². The fourth-order valence-corrected chi connectivity index (χ4v) is 2.31. The van der Waals surface area contributed by atoms with Gasteiger partial charge in [0.1, 0.15) is 5.69 Å². The summed E-state index contributed by atoms with van der Waals surface area (Å²) >= 11 is 0. The van der Waals surface area contributed by atoms with E-state index in [0.717, 1.165) is 16.5 Å².